The number of benzene rings is 1. The predicted octanol–water partition coefficient (Wildman–Crippen LogP) is 2.32. The van der Waals surface area contributed by atoms with Crippen molar-refractivity contribution >= 4 is 28.2 Å². The van der Waals surface area contributed by atoms with Crippen molar-refractivity contribution in [3.05, 3.63) is 64.2 Å². The highest BCUT2D eigenvalue weighted by atomic mass is 16.5. The minimum Gasteiger partial charge on any atom is -0.378 e. The maximum Gasteiger partial charge on any atom is 0.259 e. The van der Waals surface area contributed by atoms with Crippen molar-refractivity contribution in [2.24, 2.45) is 0 Å². The number of carbonyl (C=O) groups excluding carboxylic acids is 1. The van der Waals surface area contributed by atoms with Crippen LogP contribution < -0.4 is 15.8 Å². The number of carbonyl (C=O) groups is 1. The van der Waals surface area contributed by atoms with Gasteiger partial charge in [-0.1, -0.05) is 0 Å². The molecule has 0 spiro atoms. The number of amides is 1. The lowest BCUT2D eigenvalue weighted by Crippen LogP contribution is -2.37. The molecule has 0 saturated carbocycles. The van der Waals surface area contributed by atoms with Crippen molar-refractivity contribution in [2.75, 3.05) is 36.5 Å². The molecule has 1 saturated heterocycles. The zero-order valence-electron chi connectivity index (χ0n) is 15.0. The van der Waals surface area contributed by atoms with Crippen LogP contribution in [0.2, 0.25) is 0 Å². The number of hydrogen-bond acceptors (Lipinski definition) is 5. The largest absolute Gasteiger partial charge is 0.378 e. The molecule has 1 aliphatic rings. The van der Waals surface area contributed by atoms with E-state index in [1.54, 1.807) is 30.6 Å². The number of morpholine rings is 1. The molecule has 0 aliphatic carbocycles. The lowest BCUT2D eigenvalue weighted by Gasteiger charge is -2.30. The van der Waals surface area contributed by atoms with Gasteiger partial charge in [0, 0.05) is 48.1 Å². The maximum absolute atomic E-state index is 12.9. The average molecular weight is 364 g/mol. The van der Waals surface area contributed by atoms with Crippen LogP contribution in [0, 0.1) is 6.92 Å². The smallest absolute Gasteiger partial charge is 0.259 e. The van der Waals surface area contributed by atoms with Crippen LogP contribution in [0.1, 0.15) is 15.9 Å². The molecule has 3 aromatic rings. The van der Waals surface area contributed by atoms with Gasteiger partial charge in [-0.25, -0.2) is 0 Å². The van der Waals surface area contributed by atoms with Crippen LogP contribution in [-0.4, -0.2) is 42.2 Å². The number of fused-ring (bicyclic) bond motifs is 1. The number of H-pyrrole nitrogens is 1. The van der Waals surface area contributed by atoms with E-state index in [2.05, 4.69) is 20.2 Å². The molecule has 0 radical (unpaired) electrons. The summed E-state index contributed by atoms with van der Waals surface area (Å²) in [5.41, 5.74) is 3.51. The van der Waals surface area contributed by atoms with Crippen LogP contribution in [0.5, 0.6) is 0 Å². The van der Waals surface area contributed by atoms with Crippen LogP contribution in [0.15, 0.2) is 47.5 Å². The molecule has 0 bridgehead atoms. The summed E-state index contributed by atoms with van der Waals surface area (Å²) in [6.07, 6.45) is 3.28. The fraction of sp³-hybridized carbons (Fsp3) is 0.250. The van der Waals surface area contributed by atoms with Crippen LogP contribution in [-0.2, 0) is 4.74 Å². The molecule has 4 rings (SSSR count). The number of nitrogens with zero attached hydrogens (tertiary/aromatic N) is 2. The Morgan fingerprint density at radius 3 is 2.85 bits per heavy atom. The molecule has 0 unspecified atom stereocenters. The molecule has 2 N–H and O–H groups in total. The minimum absolute atomic E-state index is 0.137. The average Bonchev–Trinajstić information content (AvgIpc) is 2.69. The zero-order chi connectivity index (χ0) is 18.8. The number of rotatable bonds is 3. The summed E-state index contributed by atoms with van der Waals surface area (Å²) in [5.74, 6) is -0.217. The Kier molecular flexibility index (Phi) is 4.60. The first-order chi connectivity index (χ1) is 13.1. The molecule has 138 valence electrons. The Balaban J connectivity index is 1.63. The molecule has 7 heteroatoms. The van der Waals surface area contributed by atoms with Gasteiger partial charge in [-0.2, -0.15) is 0 Å². The third kappa shape index (κ3) is 3.54. The van der Waals surface area contributed by atoms with Crippen LogP contribution in [0.4, 0.5) is 11.4 Å². The molecule has 0 atom stereocenters. The number of aryl methyl sites for hydroxylation is 1. The lowest BCUT2D eigenvalue weighted by atomic mass is 10.1. The topological polar surface area (TPSA) is 87.3 Å². The van der Waals surface area contributed by atoms with Crippen LogP contribution >= 0.6 is 0 Å². The fourth-order valence-corrected chi connectivity index (χ4v) is 3.34. The van der Waals surface area contributed by atoms with Crippen molar-refractivity contribution in [1.29, 1.82) is 0 Å². The molecule has 1 aromatic carbocycles. The van der Waals surface area contributed by atoms with Gasteiger partial charge in [0.2, 0.25) is 5.56 Å². The van der Waals surface area contributed by atoms with Crippen molar-refractivity contribution in [1.82, 2.24) is 9.97 Å². The standard InChI is InChI=1S/C20H20N4O3/c1-13-10-19(25)23-17-3-2-14(11-15(13)17)22-20(26)16-12-21-5-4-18(16)24-6-8-27-9-7-24/h2-5,10-12H,6-9H2,1H3,(H,22,26)(H,23,25). The predicted molar refractivity (Wildman–Crippen MR) is 105 cm³/mol. The Labute approximate surface area is 156 Å². The Morgan fingerprint density at radius 1 is 1.22 bits per heavy atom. The van der Waals surface area contributed by atoms with Crippen molar-refractivity contribution in [3.63, 3.8) is 0 Å². The minimum atomic E-state index is -0.217. The summed E-state index contributed by atoms with van der Waals surface area (Å²) < 4.78 is 5.39. The fourth-order valence-electron chi connectivity index (χ4n) is 3.34. The normalized spacial score (nSPS) is 14.3. The number of pyridine rings is 2. The highest BCUT2D eigenvalue weighted by Crippen LogP contribution is 2.24. The van der Waals surface area contributed by atoms with E-state index < -0.39 is 0 Å². The van der Waals surface area contributed by atoms with E-state index in [1.807, 2.05) is 19.1 Å². The summed E-state index contributed by atoms with van der Waals surface area (Å²) in [6, 6.07) is 8.84. The molecule has 2 aromatic heterocycles. The second-order valence-electron chi connectivity index (χ2n) is 6.52. The van der Waals surface area contributed by atoms with Gasteiger partial charge in [0.15, 0.2) is 0 Å². The van der Waals surface area contributed by atoms with Crippen molar-refractivity contribution < 1.29 is 9.53 Å². The van der Waals surface area contributed by atoms with Gasteiger partial charge >= 0.3 is 0 Å². The Morgan fingerprint density at radius 2 is 2.04 bits per heavy atom. The number of ether oxygens (including phenoxy) is 1. The van der Waals surface area contributed by atoms with Gasteiger partial charge in [0.05, 0.1) is 24.5 Å². The van der Waals surface area contributed by atoms with Gasteiger partial charge in [-0.3, -0.25) is 14.6 Å². The lowest BCUT2D eigenvalue weighted by molar-refractivity contribution is 0.102. The summed E-state index contributed by atoms with van der Waals surface area (Å²) >= 11 is 0. The summed E-state index contributed by atoms with van der Waals surface area (Å²) in [4.78, 5) is 33.5. The second-order valence-corrected chi connectivity index (χ2v) is 6.52. The van der Waals surface area contributed by atoms with E-state index in [9.17, 15) is 9.59 Å². The number of aromatic nitrogens is 2. The molecule has 1 amide bonds. The third-order valence-corrected chi connectivity index (χ3v) is 4.70. The van der Waals surface area contributed by atoms with Crippen LogP contribution in [0.3, 0.4) is 0 Å². The Hall–Kier alpha value is -3.19. The first-order valence-electron chi connectivity index (χ1n) is 8.83. The number of hydrogen-bond donors (Lipinski definition) is 2. The SMILES string of the molecule is Cc1cc(=O)[nH]c2ccc(NC(=O)c3cnccc3N3CCOCC3)cc12. The van der Waals surface area contributed by atoms with E-state index >= 15 is 0 Å². The highest BCUT2D eigenvalue weighted by Gasteiger charge is 2.19. The highest BCUT2D eigenvalue weighted by molar-refractivity contribution is 6.08. The summed E-state index contributed by atoms with van der Waals surface area (Å²) in [7, 11) is 0. The molecular formula is C20H20N4O3. The molecular weight excluding hydrogens is 344 g/mol. The first-order valence-corrected chi connectivity index (χ1v) is 8.83. The van der Waals surface area contributed by atoms with Gasteiger partial charge in [-0.15, -0.1) is 0 Å². The van der Waals surface area contributed by atoms with E-state index in [0.717, 1.165) is 35.2 Å². The molecule has 3 heterocycles. The number of nitrogens with one attached hydrogen (secondary N) is 2. The maximum atomic E-state index is 12.9. The number of anilines is 2. The quantitative estimate of drug-likeness (QED) is 0.745. The van der Waals surface area contributed by atoms with Gasteiger partial charge in [0.25, 0.3) is 5.91 Å². The van der Waals surface area contributed by atoms with E-state index in [1.165, 1.54) is 0 Å². The number of aromatic amines is 1. The van der Waals surface area contributed by atoms with Gasteiger partial charge < -0.3 is 19.9 Å². The van der Waals surface area contributed by atoms with E-state index in [0.29, 0.717) is 24.5 Å². The molecule has 27 heavy (non-hydrogen) atoms. The first kappa shape index (κ1) is 17.2. The molecule has 7 nitrogen and oxygen atoms in total. The van der Waals surface area contributed by atoms with Crippen molar-refractivity contribution in [3.8, 4) is 0 Å². The second kappa shape index (κ2) is 7.20. The van der Waals surface area contributed by atoms with Gasteiger partial charge in [0.1, 0.15) is 0 Å². The monoisotopic (exact) mass is 364 g/mol. The Bertz CT molecular complexity index is 1050. The zero-order valence-corrected chi connectivity index (χ0v) is 15.0. The molecule has 1 fully saturated rings. The summed E-state index contributed by atoms with van der Waals surface area (Å²) in [5, 5.41) is 3.84. The summed E-state index contributed by atoms with van der Waals surface area (Å²) in [6.45, 7) is 4.65. The third-order valence-electron chi connectivity index (χ3n) is 4.70. The van der Waals surface area contributed by atoms with E-state index in [-0.39, 0.29) is 11.5 Å². The molecule has 1 aliphatic heterocycles. The van der Waals surface area contributed by atoms with E-state index in [4.69, 9.17) is 4.74 Å². The van der Waals surface area contributed by atoms with Gasteiger partial charge in [-0.05, 0) is 36.8 Å². The van der Waals surface area contributed by atoms with Crippen molar-refractivity contribution in [2.45, 2.75) is 6.92 Å². The van der Waals surface area contributed by atoms with Crippen LogP contribution in [0.25, 0.3) is 10.9 Å².